The van der Waals surface area contributed by atoms with Crippen molar-refractivity contribution in [1.29, 1.82) is 0 Å². The molecule has 5 heterocycles. The summed E-state index contributed by atoms with van der Waals surface area (Å²) in [6.07, 6.45) is 11.2. The number of fused-ring (bicyclic) bond motifs is 3. The second kappa shape index (κ2) is 13.4. The Morgan fingerprint density at radius 2 is 2.00 bits per heavy atom. The van der Waals surface area contributed by atoms with Gasteiger partial charge < -0.3 is 20.7 Å². The van der Waals surface area contributed by atoms with Crippen molar-refractivity contribution in [2.45, 2.75) is 70.9 Å². The molecule has 2 atom stereocenters. The van der Waals surface area contributed by atoms with Crippen molar-refractivity contribution in [2.75, 3.05) is 50.5 Å². The lowest BCUT2D eigenvalue weighted by Gasteiger charge is -2.37. The van der Waals surface area contributed by atoms with Crippen molar-refractivity contribution in [1.82, 2.24) is 25.2 Å². The number of aryl methyl sites for hydroxylation is 1. The van der Waals surface area contributed by atoms with Crippen LogP contribution in [0.4, 0.5) is 20.4 Å². The van der Waals surface area contributed by atoms with Gasteiger partial charge in [-0.3, -0.25) is 4.90 Å². The minimum atomic E-state index is -0.700. The average molecular weight is 662 g/mol. The fourth-order valence-electron chi connectivity index (χ4n) is 7.64. The highest BCUT2D eigenvalue weighted by molar-refractivity contribution is 6.36. The van der Waals surface area contributed by atoms with Crippen LogP contribution in [0.1, 0.15) is 64.0 Å². The standard InChI is InChI=1S/C34H36ClF2N7O.C2H6/c1-4-11-34(12-6-14-43(34)3)18-45-33-41-31-26-22(9-8-20-17-39-13-15-44(20)32(26)42-33)28(35)27(29(31)37)30-25-19(16-24(38)40-30)7-10-23(36)21(25)5-2;1-2/h2,7,10,16,20,39H,4,6,8-9,11-15,17-18H2,1,3H3,(H2,38,40);1-2H3. The number of benzene rings is 2. The van der Waals surface area contributed by atoms with Crippen LogP contribution in [0.5, 0.6) is 6.01 Å². The maximum absolute atomic E-state index is 17.2. The molecule has 8 nitrogen and oxygen atoms in total. The van der Waals surface area contributed by atoms with E-state index in [9.17, 15) is 0 Å². The molecule has 2 unspecified atom stereocenters. The Hall–Kier alpha value is -3.78. The molecule has 4 aromatic rings. The molecule has 0 saturated carbocycles. The number of nitrogen functional groups attached to an aromatic ring is 1. The molecule has 2 aromatic heterocycles. The van der Waals surface area contributed by atoms with Crippen LogP contribution < -0.4 is 20.7 Å². The third-order valence-electron chi connectivity index (χ3n) is 9.91. The molecule has 47 heavy (non-hydrogen) atoms. The first kappa shape index (κ1) is 33.1. The van der Waals surface area contributed by atoms with Gasteiger partial charge in [0, 0.05) is 31.1 Å². The molecule has 2 saturated heterocycles. The van der Waals surface area contributed by atoms with E-state index >= 15 is 8.78 Å². The fourth-order valence-corrected chi connectivity index (χ4v) is 8.00. The SMILES string of the molecule is C#Cc1c(F)ccc2cc(N)nc(-c3c(Cl)c4c5c(nc(OCC6(CCC)CCCN6C)nc5c3F)N3CCNCC3CC4)c12.CC. The Bertz CT molecular complexity index is 1880. The van der Waals surface area contributed by atoms with Gasteiger partial charge in [-0.2, -0.15) is 9.97 Å². The Labute approximate surface area is 280 Å². The Morgan fingerprint density at radius 3 is 2.72 bits per heavy atom. The molecule has 0 amide bonds. The van der Waals surface area contributed by atoms with Gasteiger partial charge in [0.15, 0.2) is 5.82 Å². The average Bonchev–Trinajstić information content (AvgIpc) is 3.34. The number of rotatable bonds is 6. The second-order valence-electron chi connectivity index (χ2n) is 12.5. The summed E-state index contributed by atoms with van der Waals surface area (Å²) in [4.78, 5) is 18.8. The number of likely N-dealkylation sites (N-methyl/N-ethyl adjacent to an activating group) is 1. The number of aromatic nitrogens is 3. The maximum Gasteiger partial charge on any atom is 0.319 e. The van der Waals surface area contributed by atoms with E-state index in [2.05, 4.69) is 40.0 Å². The number of hydrogen-bond acceptors (Lipinski definition) is 8. The number of ether oxygens (including phenoxy) is 1. The lowest BCUT2D eigenvalue weighted by Crippen LogP contribution is -2.51. The minimum absolute atomic E-state index is 0.00913. The third kappa shape index (κ3) is 5.62. The molecule has 3 aliphatic heterocycles. The molecule has 3 aliphatic rings. The highest BCUT2D eigenvalue weighted by atomic mass is 35.5. The summed E-state index contributed by atoms with van der Waals surface area (Å²) in [7, 11) is 2.13. The highest BCUT2D eigenvalue weighted by Crippen LogP contribution is 2.46. The molecule has 0 radical (unpaired) electrons. The zero-order chi connectivity index (χ0) is 33.5. The van der Waals surface area contributed by atoms with Crippen molar-refractivity contribution < 1.29 is 13.5 Å². The molecular weight excluding hydrogens is 620 g/mol. The molecule has 0 bridgehead atoms. The van der Waals surface area contributed by atoms with Crippen molar-refractivity contribution in [3.63, 3.8) is 0 Å². The van der Waals surface area contributed by atoms with E-state index in [4.69, 9.17) is 38.5 Å². The largest absolute Gasteiger partial charge is 0.461 e. The second-order valence-corrected chi connectivity index (χ2v) is 12.9. The van der Waals surface area contributed by atoms with Crippen LogP contribution in [0.15, 0.2) is 18.2 Å². The monoisotopic (exact) mass is 661 g/mol. The van der Waals surface area contributed by atoms with Gasteiger partial charge in [0.2, 0.25) is 0 Å². The Morgan fingerprint density at radius 1 is 1.19 bits per heavy atom. The lowest BCUT2D eigenvalue weighted by atomic mass is 9.92. The van der Waals surface area contributed by atoms with Crippen molar-refractivity contribution in [2.24, 2.45) is 0 Å². The number of terminal acetylenes is 1. The van der Waals surface area contributed by atoms with Gasteiger partial charge in [0.1, 0.15) is 29.6 Å². The van der Waals surface area contributed by atoms with E-state index in [1.54, 1.807) is 12.1 Å². The predicted octanol–water partition coefficient (Wildman–Crippen LogP) is 6.73. The normalized spacial score (nSPS) is 20.8. The Balaban J connectivity index is 0.00000190. The summed E-state index contributed by atoms with van der Waals surface area (Å²) >= 11 is 7.16. The molecule has 11 heteroatoms. The number of nitrogens with one attached hydrogen (secondary N) is 1. The molecule has 248 valence electrons. The summed E-state index contributed by atoms with van der Waals surface area (Å²) < 4.78 is 38.6. The predicted molar refractivity (Wildman–Crippen MR) is 186 cm³/mol. The maximum atomic E-state index is 17.2. The van der Waals surface area contributed by atoms with Gasteiger partial charge in [-0.05, 0) is 68.8 Å². The molecule has 0 spiro atoms. The van der Waals surface area contributed by atoms with Crippen LogP contribution in [0, 0.1) is 24.0 Å². The Kier molecular flexibility index (Phi) is 9.43. The van der Waals surface area contributed by atoms with E-state index in [1.807, 2.05) is 13.8 Å². The molecular formula is C36H42ClF2N7O. The summed E-state index contributed by atoms with van der Waals surface area (Å²) in [5.41, 5.74) is 6.91. The first-order valence-corrected chi connectivity index (χ1v) is 17.0. The van der Waals surface area contributed by atoms with Crippen molar-refractivity contribution in [3.8, 4) is 29.6 Å². The number of nitrogens with two attached hydrogens (primary N) is 1. The topological polar surface area (TPSA) is 92.4 Å². The molecule has 7 rings (SSSR count). The third-order valence-corrected chi connectivity index (χ3v) is 10.3. The van der Waals surface area contributed by atoms with Crippen LogP contribution in [-0.2, 0) is 6.42 Å². The smallest absolute Gasteiger partial charge is 0.319 e. The van der Waals surface area contributed by atoms with Crippen LogP contribution in [0.25, 0.3) is 32.9 Å². The summed E-state index contributed by atoms with van der Waals surface area (Å²) in [6, 6.07) is 4.66. The summed E-state index contributed by atoms with van der Waals surface area (Å²) in [5, 5.41) is 5.01. The number of halogens is 3. The van der Waals surface area contributed by atoms with E-state index in [1.165, 1.54) is 6.07 Å². The van der Waals surface area contributed by atoms with Crippen molar-refractivity contribution in [3.05, 3.63) is 46.0 Å². The first-order chi connectivity index (χ1) is 22.8. The van der Waals surface area contributed by atoms with Crippen LogP contribution in [0.3, 0.4) is 0 Å². The van der Waals surface area contributed by atoms with Crippen LogP contribution in [0.2, 0.25) is 5.02 Å². The number of likely N-dealkylation sites (tertiary alicyclic amines) is 1. The number of nitrogens with zero attached hydrogens (tertiary/aromatic N) is 5. The van der Waals surface area contributed by atoms with Gasteiger partial charge in [0.05, 0.1) is 32.8 Å². The zero-order valence-corrected chi connectivity index (χ0v) is 28.3. The van der Waals surface area contributed by atoms with Crippen LogP contribution in [-0.4, -0.2) is 71.3 Å². The fraction of sp³-hybridized carbons (Fsp3) is 0.472. The highest BCUT2D eigenvalue weighted by Gasteiger charge is 2.40. The van der Waals surface area contributed by atoms with E-state index in [0.717, 1.165) is 51.7 Å². The minimum Gasteiger partial charge on any atom is -0.461 e. The zero-order valence-electron chi connectivity index (χ0n) is 27.5. The van der Waals surface area contributed by atoms with Gasteiger partial charge in [-0.1, -0.05) is 50.8 Å². The summed E-state index contributed by atoms with van der Waals surface area (Å²) in [6.45, 7) is 9.80. The van der Waals surface area contributed by atoms with Gasteiger partial charge in [0.25, 0.3) is 0 Å². The van der Waals surface area contributed by atoms with Gasteiger partial charge in [-0.25, -0.2) is 13.8 Å². The number of hydrogen-bond donors (Lipinski definition) is 2. The van der Waals surface area contributed by atoms with Crippen LogP contribution >= 0.6 is 11.6 Å². The van der Waals surface area contributed by atoms with Crippen molar-refractivity contribution >= 4 is 44.9 Å². The molecule has 0 aliphatic carbocycles. The first-order valence-electron chi connectivity index (χ1n) is 16.6. The molecule has 2 aromatic carbocycles. The molecule has 3 N–H and O–H groups in total. The number of piperazine rings is 1. The van der Waals surface area contributed by atoms with Gasteiger partial charge >= 0.3 is 6.01 Å². The molecule has 2 fully saturated rings. The lowest BCUT2D eigenvalue weighted by molar-refractivity contribution is 0.0828. The number of anilines is 2. The number of pyridine rings is 1. The van der Waals surface area contributed by atoms with E-state index in [0.29, 0.717) is 41.7 Å². The summed E-state index contributed by atoms with van der Waals surface area (Å²) in [5.74, 6) is 1.85. The van der Waals surface area contributed by atoms with Gasteiger partial charge in [-0.15, -0.1) is 6.42 Å². The van der Waals surface area contributed by atoms with E-state index in [-0.39, 0.29) is 56.2 Å². The van der Waals surface area contributed by atoms with E-state index < -0.39 is 11.6 Å². The quantitative estimate of drug-likeness (QED) is 0.220.